The van der Waals surface area contributed by atoms with E-state index in [1.54, 1.807) is 0 Å². The van der Waals surface area contributed by atoms with E-state index >= 15 is 0 Å². The second-order valence-electron chi connectivity index (χ2n) is 4.56. The van der Waals surface area contributed by atoms with E-state index < -0.39 is 0 Å². The Hall–Kier alpha value is -0.220. The summed E-state index contributed by atoms with van der Waals surface area (Å²) in [7, 11) is 0. The van der Waals surface area contributed by atoms with Gasteiger partial charge in [0.15, 0.2) is 0 Å². The molecule has 1 aliphatic rings. The zero-order valence-corrected chi connectivity index (χ0v) is 11.4. The van der Waals surface area contributed by atoms with Gasteiger partial charge in [-0.15, -0.1) is 0 Å². The number of hydrogen-bond acceptors (Lipinski definition) is 3. The topological polar surface area (TPSA) is 38.0 Å². The van der Waals surface area contributed by atoms with Gasteiger partial charge in [-0.2, -0.15) is 11.8 Å². The molecule has 1 aromatic rings. The van der Waals surface area contributed by atoms with Gasteiger partial charge in [0, 0.05) is 11.1 Å². The number of halogens is 1. The van der Waals surface area contributed by atoms with Crippen LogP contribution in [0.5, 0.6) is 0 Å². The van der Waals surface area contributed by atoms with Crippen molar-refractivity contribution in [3.8, 4) is 0 Å². The van der Waals surface area contributed by atoms with Crippen LogP contribution in [0.4, 0.5) is 0 Å². The Morgan fingerprint density at radius 2 is 1.94 bits per heavy atom. The molecule has 1 fully saturated rings. The summed E-state index contributed by atoms with van der Waals surface area (Å²) in [6.07, 6.45) is 3.76. The van der Waals surface area contributed by atoms with E-state index in [0.29, 0.717) is 0 Å². The summed E-state index contributed by atoms with van der Waals surface area (Å²) in [5.41, 5.74) is 4.17. The molecule has 0 bridgehead atoms. The zero-order valence-electron chi connectivity index (χ0n) is 9.86. The van der Waals surface area contributed by atoms with Gasteiger partial charge < -0.3 is 0 Å². The van der Waals surface area contributed by atoms with Crippen molar-refractivity contribution in [1.29, 1.82) is 0 Å². The van der Waals surface area contributed by atoms with E-state index in [1.165, 1.54) is 29.9 Å². The van der Waals surface area contributed by atoms with Gasteiger partial charge in [0.1, 0.15) is 0 Å². The van der Waals surface area contributed by atoms with Crippen LogP contribution in [0.15, 0.2) is 24.3 Å². The summed E-state index contributed by atoms with van der Waals surface area (Å²) in [4.78, 5) is 0. The van der Waals surface area contributed by atoms with Crippen molar-refractivity contribution in [2.75, 3.05) is 11.5 Å². The first kappa shape index (κ1) is 13.2. The maximum atomic E-state index is 5.90. The zero-order chi connectivity index (χ0) is 12.1. The Morgan fingerprint density at radius 3 is 2.53 bits per heavy atom. The minimum absolute atomic E-state index is 0.250. The van der Waals surface area contributed by atoms with Crippen molar-refractivity contribution >= 4 is 23.4 Å². The van der Waals surface area contributed by atoms with E-state index in [0.717, 1.165) is 17.4 Å². The van der Waals surface area contributed by atoms with Crippen molar-refractivity contribution in [2.45, 2.75) is 25.3 Å². The molecule has 1 atom stereocenters. The Labute approximate surface area is 112 Å². The van der Waals surface area contributed by atoms with Gasteiger partial charge in [-0.1, -0.05) is 23.7 Å². The first-order chi connectivity index (χ1) is 8.29. The van der Waals surface area contributed by atoms with Gasteiger partial charge in [-0.25, -0.2) is 0 Å². The molecule has 4 heteroatoms. The fraction of sp³-hybridized carbons (Fsp3) is 0.538. The van der Waals surface area contributed by atoms with Crippen LogP contribution in [0.2, 0.25) is 5.02 Å². The molecule has 3 N–H and O–H groups in total. The third-order valence-corrected chi connectivity index (χ3v) is 4.68. The van der Waals surface area contributed by atoms with Crippen molar-refractivity contribution in [1.82, 2.24) is 5.43 Å². The maximum absolute atomic E-state index is 5.90. The molecule has 2 rings (SSSR count). The van der Waals surface area contributed by atoms with E-state index in [4.69, 9.17) is 17.4 Å². The predicted octanol–water partition coefficient (Wildman–Crippen LogP) is 3.38. The number of nitrogens with one attached hydrogen (secondary N) is 1. The molecule has 1 saturated heterocycles. The molecule has 1 aromatic carbocycles. The van der Waals surface area contributed by atoms with Crippen LogP contribution in [0.3, 0.4) is 0 Å². The highest BCUT2D eigenvalue weighted by Crippen LogP contribution is 2.30. The Kier molecular flexibility index (Phi) is 5.16. The molecule has 17 heavy (non-hydrogen) atoms. The highest BCUT2D eigenvalue weighted by atomic mass is 35.5. The lowest BCUT2D eigenvalue weighted by molar-refractivity contribution is 0.374. The first-order valence-electron chi connectivity index (χ1n) is 6.09. The van der Waals surface area contributed by atoms with Crippen molar-refractivity contribution < 1.29 is 0 Å². The molecule has 1 heterocycles. The molecule has 0 aromatic heterocycles. The highest BCUT2D eigenvalue weighted by molar-refractivity contribution is 7.99. The minimum atomic E-state index is 0.250. The number of thioether (sulfide) groups is 1. The van der Waals surface area contributed by atoms with Crippen LogP contribution in [0.1, 0.15) is 30.9 Å². The third-order valence-electron chi connectivity index (χ3n) is 3.38. The second kappa shape index (κ2) is 6.64. The van der Waals surface area contributed by atoms with Crippen LogP contribution >= 0.6 is 23.4 Å². The summed E-state index contributed by atoms with van der Waals surface area (Å²) >= 11 is 7.96. The molecule has 0 aliphatic carbocycles. The molecule has 0 saturated carbocycles. The van der Waals surface area contributed by atoms with E-state index in [2.05, 4.69) is 29.3 Å². The second-order valence-corrected chi connectivity index (χ2v) is 6.22. The summed E-state index contributed by atoms with van der Waals surface area (Å²) < 4.78 is 0. The third kappa shape index (κ3) is 3.88. The van der Waals surface area contributed by atoms with E-state index in [1.807, 2.05) is 12.1 Å². The maximum Gasteiger partial charge on any atom is 0.0462 e. The minimum Gasteiger partial charge on any atom is -0.271 e. The Balaban J connectivity index is 1.97. The van der Waals surface area contributed by atoms with Gasteiger partial charge in [0.25, 0.3) is 0 Å². The molecular formula is C13H19ClN2S. The number of nitrogens with two attached hydrogens (primary N) is 1. The van der Waals surface area contributed by atoms with E-state index in [-0.39, 0.29) is 6.04 Å². The van der Waals surface area contributed by atoms with E-state index in [9.17, 15) is 0 Å². The molecule has 94 valence electrons. The molecule has 0 amide bonds. The lowest BCUT2D eigenvalue weighted by atomic mass is 9.91. The van der Waals surface area contributed by atoms with Crippen LogP contribution in [0.25, 0.3) is 0 Å². The van der Waals surface area contributed by atoms with Gasteiger partial charge in [-0.05, 0) is 54.4 Å². The first-order valence-corrected chi connectivity index (χ1v) is 7.62. The largest absolute Gasteiger partial charge is 0.271 e. The summed E-state index contributed by atoms with van der Waals surface area (Å²) in [5.74, 6) is 9.06. The average Bonchev–Trinajstić information content (AvgIpc) is 2.38. The van der Waals surface area contributed by atoms with Gasteiger partial charge in [-0.3, -0.25) is 11.3 Å². The molecule has 0 spiro atoms. The van der Waals surface area contributed by atoms with Crippen LogP contribution in [0, 0.1) is 5.92 Å². The number of rotatable bonds is 4. The Morgan fingerprint density at radius 1 is 1.29 bits per heavy atom. The lowest BCUT2D eigenvalue weighted by Gasteiger charge is -2.26. The highest BCUT2D eigenvalue weighted by Gasteiger charge is 2.19. The van der Waals surface area contributed by atoms with Gasteiger partial charge in [0.05, 0.1) is 0 Å². The molecule has 0 radical (unpaired) electrons. The fourth-order valence-corrected chi connectivity index (χ4v) is 3.64. The standard InChI is InChI=1S/C13H19ClN2S/c14-12-3-1-11(2-4-12)13(16-15)9-10-5-7-17-8-6-10/h1-4,10,13,16H,5-9,15H2. The quantitative estimate of drug-likeness (QED) is 0.651. The van der Waals surface area contributed by atoms with Gasteiger partial charge in [0.2, 0.25) is 0 Å². The number of hydrazine groups is 1. The Bertz CT molecular complexity index is 336. The fourth-order valence-electron chi connectivity index (χ4n) is 2.31. The summed E-state index contributed by atoms with van der Waals surface area (Å²) in [6.45, 7) is 0. The summed E-state index contributed by atoms with van der Waals surface area (Å²) in [6, 6.07) is 8.23. The van der Waals surface area contributed by atoms with Crippen LogP contribution in [-0.2, 0) is 0 Å². The summed E-state index contributed by atoms with van der Waals surface area (Å²) in [5, 5.41) is 0.776. The van der Waals surface area contributed by atoms with Crippen LogP contribution in [-0.4, -0.2) is 11.5 Å². The molecule has 1 unspecified atom stereocenters. The lowest BCUT2D eigenvalue weighted by Crippen LogP contribution is -2.30. The number of benzene rings is 1. The average molecular weight is 271 g/mol. The predicted molar refractivity (Wildman–Crippen MR) is 76.2 cm³/mol. The van der Waals surface area contributed by atoms with Crippen LogP contribution < -0.4 is 11.3 Å². The van der Waals surface area contributed by atoms with Crippen molar-refractivity contribution in [2.24, 2.45) is 11.8 Å². The molecule has 1 aliphatic heterocycles. The van der Waals surface area contributed by atoms with Gasteiger partial charge >= 0.3 is 0 Å². The number of hydrogen-bond donors (Lipinski definition) is 2. The molecule has 2 nitrogen and oxygen atoms in total. The monoisotopic (exact) mass is 270 g/mol. The molecular weight excluding hydrogens is 252 g/mol. The normalized spacial score (nSPS) is 19.2. The SMILES string of the molecule is NNC(CC1CCSCC1)c1ccc(Cl)cc1. The smallest absolute Gasteiger partial charge is 0.0462 e. The van der Waals surface area contributed by atoms with Crippen molar-refractivity contribution in [3.63, 3.8) is 0 Å². The van der Waals surface area contributed by atoms with Crippen molar-refractivity contribution in [3.05, 3.63) is 34.9 Å².